The van der Waals surface area contributed by atoms with Crippen LogP contribution in [0.3, 0.4) is 0 Å². The van der Waals surface area contributed by atoms with Gasteiger partial charge in [-0.1, -0.05) is 23.2 Å². The summed E-state index contributed by atoms with van der Waals surface area (Å²) >= 11 is 11.7. The van der Waals surface area contributed by atoms with Crippen LogP contribution in [-0.4, -0.2) is 50.3 Å². The van der Waals surface area contributed by atoms with E-state index in [1.165, 1.54) is 0 Å². The van der Waals surface area contributed by atoms with Gasteiger partial charge in [0, 0.05) is 17.6 Å². The molecule has 0 saturated carbocycles. The first kappa shape index (κ1) is 16.8. The van der Waals surface area contributed by atoms with Crippen molar-refractivity contribution in [2.24, 2.45) is 0 Å². The van der Waals surface area contributed by atoms with E-state index in [1.54, 1.807) is 18.2 Å². The normalized spacial score (nSPS) is 22.1. The lowest BCUT2D eigenvalue weighted by Crippen LogP contribution is -2.38. The van der Waals surface area contributed by atoms with Crippen LogP contribution in [0.25, 0.3) is 0 Å². The van der Waals surface area contributed by atoms with E-state index in [2.05, 4.69) is 5.32 Å². The zero-order chi connectivity index (χ0) is 15.5. The molecule has 118 valence electrons. The zero-order valence-electron chi connectivity index (χ0n) is 11.3. The van der Waals surface area contributed by atoms with Crippen molar-refractivity contribution >= 4 is 33.0 Å². The van der Waals surface area contributed by atoms with Gasteiger partial charge in [0.05, 0.1) is 16.5 Å². The summed E-state index contributed by atoms with van der Waals surface area (Å²) in [6.45, 7) is 0.333. The Balaban J connectivity index is 1.74. The molecule has 1 heterocycles. The first-order chi connectivity index (χ1) is 9.85. The standard InChI is InChI=1S/C13H17Cl2NO4S/c14-9-1-2-13(12(15)5-9)20-7-11(17)6-16-10-3-4-21(18,19)8-10/h1-2,5,10-11,16-17H,3-4,6-8H2. The summed E-state index contributed by atoms with van der Waals surface area (Å²) < 4.78 is 28.0. The smallest absolute Gasteiger partial charge is 0.151 e. The summed E-state index contributed by atoms with van der Waals surface area (Å²) in [7, 11) is -2.91. The largest absolute Gasteiger partial charge is 0.489 e. The number of halogens is 2. The Kier molecular flexibility index (Phi) is 5.73. The van der Waals surface area contributed by atoms with Crippen LogP contribution in [0.5, 0.6) is 5.75 Å². The van der Waals surface area contributed by atoms with Crippen LogP contribution >= 0.6 is 23.2 Å². The molecule has 1 aromatic carbocycles. The Bertz CT molecular complexity index is 594. The molecule has 2 rings (SSSR count). The molecule has 1 aliphatic heterocycles. The van der Waals surface area contributed by atoms with Gasteiger partial charge in [-0.15, -0.1) is 0 Å². The van der Waals surface area contributed by atoms with E-state index < -0.39 is 15.9 Å². The molecular formula is C13H17Cl2NO4S. The summed E-state index contributed by atoms with van der Waals surface area (Å²) in [4.78, 5) is 0. The maximum atomic E-state index is 11.3. The lowest BCUT2D eigenvalue weighted by molar-refractivity contribution is 0.104. The summed E-state index contributed by atoms with van der Waals surface area (Å²) in [5.41, 5.74) is 0. The summed E-state index contributed by atoms with van der Waals surface area (Å²) in [5, 5.41) is 13.8. The monoisotopic (exact) mass is 353 g/mol. The topological polar surface area (TPSA) is 75.6 Å². The molecule has 1 saturated heterocycles. The highest BCUT2D eigenvalue weighted by atomic mass is 35.5. The van der Waals surface area contributed by atoms with Crippen molar-refractivity contribution < 1.29 is 18.3 Å². The lowest BCUT2D eigenvalue weighted by atomic mass is 10.2. The van der Waals surface area contributed by atoms with Crippen LogP contribution in [-0.2, 0) is 9.84 Å². The number of hydrogen-bond acceptors (Lipinski definition) is 5. The molecule has 2 unspecified atom stereocenters. The molecular weight excluding hydrogens is 337 g/mol. The average molecular weight is 354 g/mol. The Morgan fingerprint density at radius 2 is 2.19 bits per heavy atom. The van der Waals surface area contributed by atoms with Crippen molar-refractivity contribution in [1.29, 1.82) is 0 Å². The molecule has 0 radical (unpaired) electrons. The van der Waals surface area contributed by atoms with E-state index in [9.17, 15) is 13.5 Å². The average Bonchev–Trinajstić information content (AvgIpc) is 2.75. The van der Waals surface area contributed by atoms with Gasteiger partial charge in [0.25, 0.3) is 0 Å². The van der Waals surface area contributed by atoms with E-state index in [0.29, 0.717) is 22.2 Å². The minimum Gasteiger partial charge on any atom is -0.489 e. The van der Waals surface area contributed by atoms with Crippen LogP contribution in [0.15, 0.2) is 18.2 Å². The number of ether oxygens (including phenoxy) is 1. The van der Waals surface area contributed by atoms with Crippen molar-refractivity contribution in [3.63, 3.8) is 0 Å². The Labute approximate surface area is 134 Å². The Hall–Kier alpha value is -0.530. The fourth-order valence-corrected chi connectivity index (χ4v) is 4.27. The number of rotatable bonds is 6. The van der Waals surface area contributed by atoms with Crippen LogP contribution in [0.4, 0.5) is 0 Å². The van der Waals surface area contributed by atoms with Crippen molar-refractivity contribution in [2.45, 2.75) is 18.6 Å². The first-order valence-corrected chi connectivity index (χ1v) is 9.13. The third-order valence-corrected chi connectivity index (χ3v) is 5.50. The van der Waals surface area contributed by atoms with E-state index in [4.69, 9.17) is 27.9 Å². The molecule has 5 nitrogen and oxygen atoms in total. The van der Waals surface area contributed by atoms with Crippen LogP contribution in [0.2, 0.25) is 10.0 Å². The van der Waals surface area contributed by atoms with Gasteiger partial charge in [-0.3, -0.25) is 0 Å². The van der Waals surface area contributed by atoms with Gasteiger partial charge in [0.2, 0.25) is 0 Å². The van der Waals surface area contributed by atoms with Crippen LogP contribution in [0, 0.1) is 0 Å². The maximum Gasteiger partial charge on any atom is 0.151 e. The predicted molar refractivity (Wildman–Crippen MR) is 83.0 cm³/mol. The van der Waals surface area contributed by atoms with E-state index in [-0.39, 0.29) is 30.7 Å². The highest BCUT2D eigenvalue weighted by Crippen LogP contribution is 2.27. The minimum atomic E-state index is -2.91. The zero-order valence-corrected chi connectivity index (χ0v) is 13.6. The Morgan fingerprint density at radius 3 is 2.81 bits per heavy atom. The molecule has 1 fully saturated rings. The molecule has 0 bridgehead atoms. The quantitative estimate of drug-likeness (QED) is 0.810. The summed E-state index contributed by atoms with van der Waals surface area (Å²) in [6, 6.07) is 4.75. The number of nitrogens with one attached hydrogen (secondary N) is 1. The van der Waals surface area contributed by atoms with E-state index in [1.807, 2.05) is 0 Å². The van der Waals surface area contributed by atoms with Crippen molar-refractivity contribution in [3.8, 4) is 5.75 Å². The molecule has 21 heavy (non-hydrogen) atoms. The second-order valence-electron chi connectivity index (χ2n) is 5.05. The summed E-state index contributed by atoms with van der Waals surface area (Å²) in [6.07, 6.45) is -0.168. The van der Waals surface area contributed by atoms with Gasteiger partial charge in [0.15, 0.2) is 9.84 Å². The van der Waals surface area contributed by atoms with Crippen molar-refractivity contribution in [2.75, 3.05) is 24.7 Å². The van der Waals surface area contributed by atoms with Gasteiger partial charge >= 0.3 is 0 Å². The van der Waals surface area contributed by atoms with Crippen LogP contribution in [0.1, 0.15) is 6.42 Å². The maximum absolute atomic E-state index is 11.3. The van der Waals surface area contributed by atoms with Crippen molar-refractivity contribution in [3.05, 3.63) is 28.2 Å². The number of aliphatic hydroxyl groups is 1. The highest BCUT2D eigenvalue weighted by molar-refractivity contribution is 7.91. The molecule has 2 N–H and O–H groups in total. The fourth-order valence-electron chi connectivity index (χ4n) is 2.10. The minimum absolute atomic E-state index is 0.0633. The Morgan fingerprint density at radius 1 is 1.43 bits per heavy atom. The van der Waals surface area contributed by atoms with Gasteiger partial charge < -0.3 is 15.2 Å². The third-order valence-electron chi connectivity index (χ3n) is 3.20. The van der Waals surface area contributed by atoms with E-state index in [0.717, 1.165) is 0 Å². The molecule has 0 spiro atoms. The molecule has 0 amide bonds. The van der Waals surface area contributed by atoms with Crippen LogP contribution < -0.4 is 10.1 Å². The summed E-state index contributed by atoms with van der Waals surface area (Å²) in [5.74, 6) is 0.782. The van der Waals surface area contributed by atoms with Gasteiger partial charge in [-0.05, 0) is 24.6 Å². The van der Waals surface area contributed by atoms with Gasteiger partial charge in [-0.25, -0.2) is 8.42 Å². The predicted octanol–water partition coefficient (Wildman–Crippen LogP) is 1.51. The lowest BCUT2D eigenvalue weighted by Gasteiger charge is -2.16. The molecule has 1 aromatic rings. The highest BCUT2D eigenvalue weighted by Gasteiger charge is 2.27. The number of benzene rings is 1. The second kappa shape index (κ2) is 7.15. The van der Waals surface area contributed by atoms with Gasteiger partial charge in [-0.2, -0.15) is 0 Å². The molecule has 1 aliphatic rings. The number of hydrogen-bond donors (Lipinski definition) is 2. The number of aliphatic hydroxyl groups excluding tert-OH is 1. The molecule has 2 atom stereocenters. The van der Waals surface area contributed by atoms with Crippen molar-refractivity contribution in [1.82, 2.24) is 5.32 Å². The molecule has 0 aliphatic carbocycles. The number of sulfone groups is 1. The molecule has 0 aromatic heterocycles. The SMILES string of the molecule is O=S1(=O)CCC(NCC(O)COc2ccc(Cl)cc2Cl)C1. The molecule has 8 heteroatoms. The second-order valence-corrected chi connectivity index (χ2v) is 8.12. The van der Waals surface area contributed by atoms with E-state index >= 15 is 0 Å². The third kappa shape index (κ3) is 5.30. The first-order valence-electron chi connectivity index (χ1n) is 6.55. The van der Waals surface area contributed by atoms with Gasteiger partial charge in [0.1, 0.15) is 18.5 Å². The fraction of sp³-hybridized carbons (Fsp3) is 0.538.